The van der Waals surface area contributed by atoms with Crippen LogP contribution in [0.3, 0.4) is 0 Å². The third-order valence-electron chi connectivity index (χ3n) is 4.07. The lowest BCUT2D eigenvalue weighted by molar-refractivity contribution is -0.122. The molecule has 0 bridgehead atoms. The van der Waals surface area contributed by atoms with Crippen LogP contribution < -0.4 is 10.1 Å². The van der Waals surface area contributed by atoms with E-state index in [2.05, 4.69) is 10.1 Å². The van der Waals surface area contributed by atoms with Crippen LogP contribution in [0.25, 0.3) is 0 Å². The monoisotopic (exact) mass is 335 g/mol. The number of amides is 1. The second-order valence-electron chi connectivity index (χ2n) is 5.70. The van der Waals surface area contributed by atoms with E-state index in [1.807, 2.05) is 0 Å². The molecule has 1 fully saturated rings. The average Bonchev–Trinajstić information content (AvgIpc) is 3.34. The van der Waals surface area contributed by atoms with Gasteiger partial charge in [-0.25, -0.2) is 4.39 Å². The largest absolute Gasteiger partial charge is 0.434 e. The molecule has 3 rings (SSSR count). The van der Waals surface area contributed by atoms with Gasteiger partial charge < -0.3 is 10.1 Å². The smallest absolute Gasteiger partial charge is 0.387 e. The molecule has 0 aliphatic heterocycles. The summed E-state index contributed by atoms with van der Waals surface area (Å²) in [6, 6.07) is 12.5. The summed E-state index contributed by atoms with van der Waals surface area (Å²) in [5, 5.41) is 2.75. The van der Waals surface area contributed by atoms with E-state index >= 15 is 0 Å². The van der Waals surface area contributed by atoms with E-state index in [0.717, 1.165) is 5.56 Å². The third-order valence-corrected chi connectivity index (χ3v) is 4.07. The number of para-hydroxylation sites is 1. The van der Waals surface area contributed by atoms with Crippen molar-refractivity contribution in [3.8, 4) is 5.75 Å². The Morgan fingerprint density at radius 2 is 1.88 bits per heavy atom. The summed E-state index contributed by atoms with van der Waals surface area (Å²) in [7, 11) is 0. The molecule has 1 saturated carbocycles. The van der Waals surface area contributed by atoms with E-state index < -0.39 is 6.61 Å². The fourth-order valence-electron chi connectivity index (χ4n) is 2.74. The molecular weight excluding hydrogens is 319 g/mol. The normalized spacial score (nSPS) is 19.2. The van der Waals surface area contributed by atoms with E-state index in [0.29, 0.717) is 12.0 Å². The molecule has 0 radical (unpaired) electrons. The van der Waals surface area contributed by atoms with Gasteiger partial charge >= 0.3 is 6.61 Å². The Kier molecular flexibility index (Phi) is 4.74. The fraction of sp³-hybridized carbons (Fsp3) is 0.278. The van der Waals surface area contributed by atoms with Crippen LogP contribution in [-0.2, 0) is 11.3 Å². The molecule has 1 aliphatic rings. The van der Waals surface area contributed by atoms with Crippen LogP contribution in [0.15, 0.2) is 48.5 Å². The first-order chi connectivity index (χ1) is 11.5. The molecule has 2 atom stereocenters. The van der Waals surface area contributed by atoms with E-state index in [1.54, 1.807) is 30.3 Å². The predicted octanol–water partition coefficient (Wildman–Crippen LogP) is 3.85. The van der Waals surface area contributed by atoms with Gasteiger partial charge in [0.2, 0.25) is 5.91 Å². The second kappa shape index (κ2) is 6.95. The van der Waals surface area contributed by atoms with Crippen LogP contribution in [0.4, 0.5) is 13.2 Å². The summed E-state index contributed by atoms with van der Waals surface area (Å²) in [6.45, 7) is -2.79. The van der Waals surface area contributed by atoms with Crippen LogP contribution in [0.2, 0.25) is 0 Å². The average molecular weight is 335 g/mol. The van der Waals surface area contributed by atoms with Crippen molar-refractivity contribution in [2.45, 2.75) is 25.5 Å². The summed E-state index contributed by atoms with van der Waals surface area (Å²) >= 11 is 0. The Hall–Kier alpha value is -2.50. The molecule has 1 N–H and O–H groups in total. The highest BCUT2D eigenvalue weighted by atomic mass is 19.3. The Labute approximate surface area is 137 Å². The second-order valence-corrected chi connectivity index (χ2v) is 5.70. The molecule has 2 aromatic rings. The highest BCUT2D eigenvalue weighted by Gasteiger charge is 2.43. The molecule has 0 aromatic heterocycles. The maximum atomic E-state index is 12.9. The van der Waals surface area contributed by atoms with Crippen molar-refractivity contribution in [3.05, 3.63) is 65.5 Å². The van der Waals surface area contributed by atoms with Gasteiger partial charge in [-0.05, 0) is 36.1 Å². The van der Waals surface area contributed by atoms with Gasteiger partial charge in [-0.2, -0.15) is 8.78 Å². The van der Waals surface area contributed by atoms with Gasteiger partial charge in [0.25, 0.3) is 0 Å². The van der Waals surface area contributed by atoms with Gasteiger partial charge in [-0.3, -0.25) is 4.79 Å². The summed E-state index contributed by atoms with van der Waals surface area (Å²) in [5.41, 5.74) is 1.42. The molecule has 6 heteroatoms. The van der Waals surface area contributed by atoms with Crippen molar-refractivity contribution in [2.75, 3.05) is 0 Å². The lowest BCUT2D eigenvalue weighted by Crippen LogP contribution is -2.25. The van der Waals surface area contributed by atoms with Crippen molar-refractivity contribution in [3.63, 3.8) is 0 Å². The van der Waals surface area contributed by atoms with Crippen LogP contribution in [-0.4, -0.2) is 12.5 Å². The standard InChI is InChI=1S/C18H16F3NO2/c19-13-7-5-11(6-8-13)14-9-15(14)17(23)22-10-12-3-1-2-4-16(12)24-18(20)21/h1-8,14-15,18H,9-10H2,(H,22,23)/t14-,15-/m1/s1. The fourth-order valence-corrected chi connectivity index (χ4v) is 2.74. The summed E-state index contributed by atoms with van der Waals surface area (Å²) in [5.74, 6) is -0.484. The topological polar surface area (TPSA) is 38.3 Å². The number of hydrogen-bond donors (Lipinski definition) is 1. The molecule has 1 amide bonds. The molecule has 2 aromatic carbocycles. The van der Waals surface area contributed by atoms with Gasteiger partial charge in [-0.15, -0.1) is 0 Å². The van der Waals surface area contributed by atoms with E-state index in [-0.39, 0.29) is 35.9 Å². The molecule has 0 saturated heterocycles. The van der Waals surface area contributed by atoms with Gasteiger partial charge in [0.15, 0.2) is 0 Å². The number of nitrogens with one attached hydrogen (secondary N) is 1. The zero-order chi connectivity index (χ0) is 17.1. The zero-order valence-electron chi connectivity index (χ0n) is 12.7. The minimum absolute atomic E-state index is 0.0543. The number of hydrogen-bond acceptors (Lipinski definition) is 2. The summed E-state index contributed by atoms with van der Waals surface area (Å²) < 4.78 is 42.1. The molecule has 3 nitrogen and oxygen atoms in total. The molecular formula is C18H16F3NO2. The molecule has 24 heavy (non-hydrogen) atoms. The van der Waals surface area contributed by atoms with Gasteiger partial charge in [0, 0.05) is 18.0 Å². The summed E-state index contributed by atoms with van der Waals surface area (Å²) in [6.07, 6.45) is 0.701. The Bertz CT molecular complexity index is 718. The quantitative estimate of drug-likeness (QED) is 0.871. The van der Waals surface area contributed by atoms with Crippen LogP contribution in [0.5, 0.6) is 5.75 Å². The van der Waals surface area contributed by atoms with Gasteiger partial charge in [0.1, 0.15) is 11.6 Å². The number of carbonyl (C=O) groups is 1. The predicted molar refractivity (Wildman–Crippen MR) is 82.2 cm³/mol. The third kappa shape index (κ3) is 3.88. The zero-order valence-corrected chi connectivity index (χ0v) is 12.7. The SMILES string of the molecule is O=C(NCc1ccccc1OC(F)F)[C@@H]1C[C@@H]1c1ccc(F)cc1. The van der Waals surface area contributed by atoms with Crippen LogP contribution in [0, 0.1) is 11.7 Å². The van der Waals surface area contributed by atoms with E-state index in [1.165, 1.54) is 18.2 Å². The first-order valence-corrected chi connectivity index (χ1v) is 7.60. The molecule has 0 spiro atoms. The lowest BCUT2D eigenvalue weighted by atomic mass is 10.1. The van der Waals surface area contributed by atoms with E-state index in [9.17, 15) is 18.0 Å². The number of alkyl halides is 2. The Morgan fingerprint density at radius 3 is 2.58 bits per heavy atom. The van der Waals surface area contributed by atoms with Gasteiger partial charge in [0.05, 0.1) is 0 Å². The van der Waals surface area contributed by atoms with Crippen molar-refractivity contribution < 1.29 is 22.7 Å². The Morgan fingerprint density at radius 1 is 1.17 bits per heavy atom. The minimum Gasteiger partial charge on any atom is -0.434 e. The molecule has 0 heterocycles. The first-order valence-electron chi connectivity index (χ1n) is 7.60. The van der Waals surface area contributed by atoms with Crippen LogP contribution >= 0.6 is 0 Å². The maximum Gasteiger partial charge on any atom is 0.387 e. The highest BCUT2D eigenvalue weighted by molar-refractivity contribution is 5.82. The minimum atomic E-state index is -2.91. The number of benzene rings is 2. The lowest BCUT2D eigenvalue weighted by Gasteiger charge is -2.11. The first kappa shape index (κ1) is 16.4. The number of carbonyl (C=O) groups excluding carboxylic acids is 1. The highest BCUT2D eigenvalue weighted by Crippen LogP contribution is 2.47. The summed E-state index contributed by atoms with van der Waals surface area (Å²) in [4.78, 5) is 12.2. The van der Waals surface area contributed by atoms with E-state index in [4.69, 9.17) is 0 Å². The van der Waals surface area contributed by atoms with Crippen molar-refractivity contribution in [1.82, 2.24) is 5.32 Å². The Balaban J connectivity index is 1.56. The number of ether oxygens (including phenoxy) is 1. The molecule has 126 valence electrons. The molecule has 1 aliphatic carbocycles. The van der Waals surface area contributed by atoms with Crippen molar-refractivity contribution >= 4 is 5.91 Å². The maximum absolute atomic E-state index is 12.9. The number of rotatable bonds is 6. The number of halogens is 3. The van der Waals surface area contributed by atoms with Crippen LogP contribution in [0.1, 0.15) is 23.5 Å². The van der Waals surface area contributed by atoms with Gasteiger partial charge in [-0.1, -0.05) is 30.3 Å². The molecule has 0 unspecified atom stereocenters. The van der Waals surface area contributed by atoms with Crippen molar-refractivity contribution in [2.24, 2.45) is 5.92 Å². The van der Waals surface area contributed by atoms with Crippen molar-refractivity contribution in [1.29, 1.82) is 0 Å².